The number of nitrogens with one attached hydrogen (secondary N) is 1. The maximum Gasteiger partial charge on any atom is 0.234 e. The van der Waals surface area contributed by atoms with Gasteiger partial charge in [-0.15, -0.1) is 28.5 Å². The van der Waals surface area contributed by atoms with Crippen LogP contribution in [0, 0.1) is 20.8 Å². The molecule has 0 saturated carbocycles. The highest BCUT2D eigenvalue weighted by atomic mass is 32.2. The fraction of sp³-hybridized carbons (Fsp3) is 0.292. The summed E-state index contributed by atoms with van der Waals surface area (Å²) >= 11 is 3.20. The first-order valence-corrected chi connectivity index (χ1v) is 12.3. The van der Waals surface area contributed by atoms with Crippen molar-refractivity contribution >= 4 is 35.1 Å². The van der Waals surface area contributed by atoms with Crippen LogP contribution in [0.15, 0.2) is 60.3 Å². The van der Waals surface area contributed by atoms with E-state index < -0.39 is 0 Å². The number of carbonyl (C=O) groups is 1. The van der Waals surface area contributed by atoms with Gasteiger partial charge in [-0.3, -0.25) is 4.79 Å². The fourth-order valence-electron chi connectivity index (χ4n) is 3.11. The molecule has 0 saturated heterocycles. The Labute approximate surface area is 192 Å². The predicted octanol–water partition coefficient (Wildman–Crippen LogP) is 5.55. The molecule has 31 heavy (non-hydrogen) atoms. The number of aromatic nitrogens is 3. The summed E-state index contributed by atoms with van der Waals surface area (Å²) in [5.41, 5.74) is 5.56. The summed E-state index contributed by atoms with van der Waals surface area (Å²) in [6.07, 6.45) is 1.83. The van der Waals surface area contributed by atoms with Crippen molar-refractivity contribution in [3.05, 3.63) is 83.2 Å². The third-order valence-electron chi connectivity index (χ3n) is 4.80. The highest BCUT2D eigenvalue weighted by Gasteiger charge is 2.14. The van der Waals surface area contributed by atoms with Crippen molar-refractivity contribution in [3.8, 4) is 0 Å². The summed E-state index contributed by atoms with van der Waals surface area (Å²) in [5.74, 6) is 2.80. The zero-order chi connectivity index (χ0) is 22.2. The molecule has 5 nitrogen and oxygen atoms in total. The lowest BCUT2D eigenvalue weighted by molar-refractivity contribution is -0.113. The van der Waals surface area contributed by atoms with E-state index in [0.717, 1.165) is 39.3 Å². The minimum Gasteiger partial charge on any atom is -0.325 e. The van der Waals surface area contributed by atoms with Crippen molar-refractivity contribution in [2.24, 2.45) is 0 Å². The summed E-state index contributed by atoms with van der Waals surface area (Å²) in [5, 5.41) is 12.4. The van der Waals surface area contributed by atoms with Crippen molar-refractivity contribution < 1.29 is 4.79 Å². The molecule has 0 unspecified atom stereocenters. The van der Waals surface area contributed by atoms with Crippen molar-refractivity contribution in [3.63, 3.8) is 0 Å². The van der Waals surface area contributed by atoms with Gasteiger partial charge in [-0.2, -0.15) is 0 Å². The second kappa shape index (κ2) is 11.2. The molecule has 0 spiro atoms. The monoisotopic (exact) mass is 452 g/mol. The lowest BCUT2D eigenvalue weighted by atomic mass is 10.1. The summed E-state index contributed by atoms with van der Waals surface area (Å²) in [7, 11) is 0. The number of hydrogen-bond acceptors (Lipinski definition) is 5. The van der Waals surface area contributed by atoms with E-state index in [1.165, 1.54) is 22.9 Å². The first-order valence-electron chi connectivity index (χ1n) is 10.1. The molecule has 1 amide bonds. The van der Waals surface area contributed by atoms with Crippen LogP contribution in [0.2, 0.25) is 0 Å². The average Bonchev–Trinajstić information content (AvgIpc) is 3.13. The van der Waals surface area contributed by atoms with E-state index in [1.54, 1.807) is 11.8 Å². The van der Waals surface area contributed by atoms with Crippen LogP contribution in [0.1, 0.15) is 28.1 Å². The highest BCUT2D eigenvalue weighted by Crippen LogP contribution is 2.24. The third-order valence-corrected chi connectivity index (χ3v) is 6.77. The van der Waals surface area contributed by atoms with Crippen LogP contribution in [0.3, 0.4) is 0 Å². The molecule has 3 aromatic rings. The second-order valence-corrected chi connectivity index (χ2v) is 9.31. The van der Waals surface area contributed by atoms with Crippen LogP contribution in [0.4, 0.5) is 5.69 Å². The first kappa shape index (κ1) is 23.2. The maximum absolute atomic E-state index is 12.5. The molecule has 0 aliphatic heterocycles. The SMILES string of the molecule is C=CCn1c(CSCc2ccc(C)cc2)nnc1SCC(=O)Nc1c(C)cccc1C. The van der Waals surface area contributed by atoms with Crippen molar-refractivity contribution in [2.45, 2.75) is 44.0 Å². The molecule has 162 valence electrons. The number of allylic oxidation sites excluding steroid dienone is 1. The number of anilines is 1. The quantitative estimate of drug-likeness (QED) is 0.323. The summed E-state index contributed by atoms with van der Waals surface area (Å²) in [4.78, 5) is 12.5. The molecule has 1 N–H and O–H groups in total. The Bertz CT molecular complexity index is 1020. The van der Waals surface area contributed by atoms with Crippen LogP contribution in [-0.2, 0) is 22.8 Å². The Kier molecular flexibility index (Phi) is 8.37. The number of hydrogen-bond donors (Lipinski definition) is 1. The number of amides is 1. The van der Waals surface area contributed by atoms with Gasteiger partial charge in [-0.05, 0) is 37.5 Å². The molecular formula is C24H28N4OS2. The van der Waals surface area contributed by atoms with E-state index in [2.05, 4.69) is 53.3 Å². The number of benzene rings is 2. The Morgan fingerprint density at radius 2 is 1.77 bits per heavy atom. The molecule has 3 rings (SSSR count). The van der Waals surface area contributed by atoms with Crippen LogP contribution in [0.5, 0.6) is 0 Å². The van der Waals surface area contributed by atoms with Crippen LogP contribution >= 0.6 is 23.5 Å². The van der Waals surface area contributed by atoms with Gasteiger partial charge in [0.2, 0.25) is 5.91 Å². The van der Waals surface area contributed by atoms with Gasteiger partial charge in [-0.25, -0.2) is 0 Å². The van der Waals surface area contributed by atoms with Gasteiger partial charge in [-0.1, -0.05) is 65.9 Å². The summed E-state index contributed by atoms with van der Waals surface area (Å²) < 4.78 is 2.03. The largest absolute Gasteiger partial charge is 0.325 e. The lowest BCUT2D eigenvalue weighted by Gasteiger charge is -2.11. The second-order valence-electron chi connectivity index (χ2n) is 7.38. The predicted molar refractivity (Wildman–Crippen MR) is 132 cm³/mol. The number of nitrogens with zero attached hydrogens (tertiary/aromatic N) is 3. The van der Waals surface area contributed by atoms with Crippen LogP contribution in [-0.4, -0.2) is 26.4 Å². The van der Waals surface area contributed by atoms with E-state index in [0.29, 0.717) is 6.54 Å². The Morgan fingerprint density at radius 1 is 1.06 bits per heavy atom. The highest BCUT2D eigenvalue weighted by molar-refractivity contribution is 7.99. The molecule has 0 aliphatic carbocycles. The Hall–Kier alpha value is -2.51. The Balaban J connectivity index is 1.58. The van der Waals surface area contributed by atoms with Gasteiger partial charge in [0.1, 0.15) is 5.82 Å². The van der Waals surface area contributed by atoms with E-state index in [-0.39, 0.29) is 11.7 Å². The van der Waals surface area contributed by atoms with E-state index in [4.69, 9.17) is 0 Å². The standard InChI is InChI=1S/C24H28N4OS2/c1-5-13-28-21(15-30-14-20-11-9-17(2)10-12-20)26-27-24(28)31-16-22(29)25-23-18(3)7-6-8-19(23)4/h5-12H,1,13-16H2,2-4H3,(H,25,29). The Morgan fingerprint density at radius 3 is 2.45 bits per heavy atom. The first-order chi connectivity index (χ1) is 15.0. The van der Waals surface area contributed by atoms with E-state index in [9.17, 15) is 4.79 Å². The number of carbonyl (C=O) groups excluding carboxylic acids is 1. The molecule has 0 atom stereocenters. The zero-order valence-corrected chi connectivity index (χ0v) is 19.9. The van der Waals surface area contributed by atoms with Gasteiger partial charge in [0, 0.05) is 18.0 Å². The zero-order valence-electron chi connectivity index (χ0n) is 18.2. The molecule has 2 aromatic carbocycles. The molecule has 0 aliphatic rings. The van der Waals surface area contributed by atoms with Gasteiger partial charge < -0.3 is 9.88 Å². The molecule has 1 aromatic heterocycles. The minimum atomic E-state index is -0.0501. The number of para-hydroxylation sites is 1. The summed E-state index contributed by atoms with van der Waals surface area (Å²) in [6.45, 7) is 10.6. The molecule has 0 bridgehead atoms. The number of rotatable bonds is 10. The lowest BCUT2D eigenvalue weighted by Crippen LogP contribution is -2.16. The van der Waals surface area contributed by atoms with Crippen molar-refractivity contribution in [2.75, 3.05) is 11.1 Å². The van der Waals surface area contributed by atoms with Crippen LogP contribution in [0.25, 0.3) is 0 Å². The normalized spacial score (nSPS) is 10.8. The number of aryl methyl sites for hydroxylation is 3. The van der Waals surface area contributed by atoms with Gasteiger partial charge in [0.25, 0.3) is 0 Å². The minimum absolute atomic E-state index is 0.0501. The molecule has 0 fully saturated rings. The maximum atomic E-state index is 12.5. The summed E-state index contributed by atoms with van der Waals surface area (Å²) in [6, 6.07) is 14.6. The molecule has 0 radical (unpaired) electrons. The topological polar surface area (TPSA) is 59.8 Å². The van der Waals surface area contributed by atoms with Gasteiger partial charge >= 0.3 is 0 Å². The number of thioether (sulfide) groups is 2. The molecule has 7 heteroatoms. The van der Waals surface area contributed by atoms with E-state index in [1.807, 2.05) is 42.7 Å². The van der Waals surface area contributed by atoms with Crippen molar-refractivity contribution in [1.29, 1.82) is 0 Å². The fourth-order valence-corrected chi connectivity index (χ4v) is 4.80. The van der Waals surface area contributed by atoms with Gasteiger partial charge in [0.15, 0.2) is 5.16 Å². The van der Waals surface area contributed by atoms with Crippen molar-refractivity contribution in [1.82, 2.24) is 14.8 Å². The van der Waals surface area contributed by atoms with Gasteiger partial charge in [0.05, 0.1) is 11.5 Å². The molecular weight excluding hydrogens is 424 g/mol. The smallest absolute Gasteiger partial charge is 0.234 e. The van der Waals surface area contributed by atoms with E-state index >= 15 is 0 Å². The third kappa shape index (κ3) is 6.48. The van der Waals surface area contributed by atoms with Crippen LogP contribution < -0.4 is 5.32 Å². The molecule has 1 heterocycles. The average molecular weight is 453 g/mol.